The molecule has 4 unspecified atom stereocenters. The van der Waals surface area contributed by atoms with Crippen LogP contribution in [-0.4, -0.2) is 53.3 Å². The fourth-order valence-electron chi connectivity index (χ4n) is 2.60. The molecule has 8 nitrogen and oxygen atoms in total. The SMILES string of the molecule is COC(=O)Cc1ccc(N=O)c(C2CC(O)C(O)C(CO)O2)c1. The molecule has 8 heteroatoms. The number of aliphatic hydroxyl groups is 3. The van der Waals surface area contributed by atoms with E-state index in [-0.39, 0.29) is 18.5 Å². The number of hydrogen-bond acceptors (Lipinski definition) is 8. The smallest absolute Gasteiger partial charge is 0.309 e. The lowest BCUT2D eigenvalue weighted by Crippen LogP contribution is -2.47. The maximum atomic E-state index is 11.4. The van der Waals surface area contributed by atoms with Gasteiger partial charge in [0.2, 0.25) is 0 Å². The van der Waals surface area contributed by atoms with Gasteiger partial charge in [-0.2, -0.15) is 0 Å². The van der Waals surface area contributed by atoms with E-state index < -0.39 is 37.0 Å². The van der Waals surface area contributed by atoms with Crippen molar-refractivity contribution in [3.8, 4) is 0 Å². The molecule has 0 aromatic heterocycles. The van der Waals surface area contributed by atoms with Gasteiger partial charge in [-0.3, -0.25) is 4.79 Å². The van der Waals surface area contributed by atoms with Gasteiger partial charge >= 0.3 is 5.97 Å². The van der Waals surface area contributed by atoms with Crippen molar-refractivity contribution in [2.45, 2.75) is 37.3 Å². The number of nitrogens with zero attached hydrogens (tertiary/aromatic N) is 1. The Morgan fingerprint density at radius 2 is 2.17 bits per heavy atom. The van der Waals surface area contributed by atoms with E-state index >= 15 is 0 Å². The summed E-state index contributed by atoms with van der Waals surface area (Å²) in [4.78, 5) is 22.4. The van der Waals surface area contributed by atoms with Gasteiger partial charge in [-0.25, -0.2) is 0 Å². The molecule has 3 N–H and O–H groups in total. The summed E-state index contributed by atoms with van der Waals surface area (Å²) < 4.78 is 10.2. The van der Waals surface area contributed by atoms with Crippen molar-refractivity contribution >= 4 is 11.7 Å². The zero-order valence-corrected chi connectivity index (χ0v) is 12.6. The number of esters is 1. The summed E-state index contributed by atoms with van der Waals surface area (Å²) in [7, 11) is 1.28. The van der Waals surface area contributed by atoms with Crippen LogP contribution in [0.25, 0.3) is 0 Å². The second-order valence-electron chi connectivity index (χ2n) is 5.38. The highest BCUT2D eigenvalue weighted by Crippen LogP contribution is 2.37. The number of nitroso groups, excluding NO2 is 1. The van der Waals surface area contributed by atoms with Crippen molar-refractivity contribution in [2.75, 3.05) is 13.7 Å². The molecule has 4 atom stereocenters. The van der Waals surface area contributed by atoms with E-state index in [0.29, 0.717) is 11.1 Å². The van der Waals surface area contributed by atoms with Crippen molar-refractivity contribution in [3.05, 3.63) is 34.2 Å². The molecule has 0 radical (unpaired) electrons. The lowest BCUT2D eigenvalue weighted by molar-refractivity contribution is -0.181. The van der Waals surface area contributed by atoms with Crippen LogP contribution in [0, 0.1) is 4.91 Å². The quantitative estimate of drug-likeness (QED) is 0.526. The van der Waals surface area contributed by atoms with Crippen LogP contribution in [0.2, 0.25) is 0 Å². The number of aliphatic hydroxyl groups excluding tert-OH is 3. The highest BCUT2D eigenvalue weighted by Gasteiger charge is 2.37. The zero-order chi connectivity index (χ0) is 17.0. The Bertz CT molecular complexity index is 577. The lowest BCUT2D eigenvalue weighted by Gasteiger charge is -2.36. The topological polar surface area (TPSA) is 126 Å². The van der Waals surface area contributed by atoms with Crippen molar-refractivity contribution in [1.82, 2.24) is 0 Å². The van der Waals surface area contributed by atoms with E-state index in [9.17, 15) is 25.0 Å². The normalized spacial score (nSPS) is 27.5. The van der Waals surface area contributed by atoms with Gasteiger partial charge in [0, 0.05) is 12.0 Å². The molecule has 1 heterocycles. The van der Waals surface area contributed by atoms with Gasteiger partial charge in [0.05, 0.1) is 32.3 Å². The number of benzene rings is 1. The third kappa shape index (κ3) is 3.91. The number of hydrogen-bond donors (Lipinski definition) is 3. The second kappa shape index (κ2) is 7.60. The third-order valence-electron chi connectivity index (χ3n) is 3.86. The predicted octanol–water partition coefficient (Wildman–Crippen LogP) is 0.344. The van der Waals surface area contributed by atoms with Gasteiger partial charge in [0.1, 0.15) is 17.9 Å². The molecule has 1 fully saturated rings. The summed E-state index contributed by atoms with van der Waals surface area (Å²) in [6, 6.07) is 4.61. The standard InChI is InChI=1S/C15H19NO7/c1-22-14(19)5-8-2-3-10(16-21)9(4-8)12-6-11(18)15(20)13(7-17)23-12/h2-4,11-13,15,17-18,20H,5-7H2,1H3. The van der Waals surface area contributed by atoms with Gasteiger partial charge in [-0.15, -0.1) is 4.91 Å². The average molecular weight is 325 g/mol. The van der Waals surface area contributed by atoms with E-state index in [0.717, 1.165) is 0 Å². The minimum absolute atomic E-state index is 0.0178. The average Bonchev–Trinajstić information content (AvgIpc) is 2.57. The van der Waals surface area contributed by atoms with Crippen LogP contribution in [0.4, 0.5) is 5.69 Å². The number of carbonyl (C=O) groups excluding carboxylic acids is 1. The van der Waals surface area contributed by atoms with E-state index in [4.69, 9.17) is 4.74 Å². The summed E-state index contributed by atoms with van der Waals surface area (Å²) in [5.74, 6) is -0.434. The monoisotopic (exact) mass is 325 g/mol. The van der Waals surface area contributed by atoms with Gasteiger partial charge in [0.15, 0.2) is 0 Å². The Morgan fingerprint density at radius 3 is 2.78 bits per heavy atom. The first-order valence-electron chi connectivity index (χ1n) is 7.15. The van der Waals surface area contributed by atoms with Crippen molar-refractivity contribution < 1.29 is 29.6 Å². The minimum Gasteiger partial charge on any atom is -0.469 e. The molecule has 23 heavy (non-hydrogen) atoms. The lowest BCUT2D eigenvalue weighted by atomic mass is 9.92. The second-order valence-corrected chi connectivity index (χ2v) is 5.38. The van der Waals surface area contributed by atoms with Crippen LogP contribution in [0.1, 0.15) is 23.7 Å². The van der Waals surface area contributed by atoms with E-state index in [1.54, 1.807) is 12.1 Å². The fourth-order valence-corrected chi connectivity index (χ4v) is 2.60. The Labute approximate surface area is 132 Å². The van der Waals surface area contributed by atoms with Gasteiger partial charge < -0.3 is 24.8 Å². The van der Waals surface area contributed by atoms with Crippen LogP contribution in [-0.2, 0) is 20.7 Å². The number of methoxy groups -OCH3 is 1. The molecule has 1 aliphatic heterocycles. The first-order valence-corrected chi connectivity index (χ1v) is 7.15. The molecule has 1 aromatic rings. The zero-order valence-electron chi connectivity index (χ0n) is 12.6. The molecule has 126 valence electrons. The van der Waals surface area contributed by atoms with Crippen LogP contribution < -0.4 is 0 Å². The van der Waals surface area contributed by atoms with Crippen molar-refractivity contribution in [1.29, 1.82) is 0 Å². The molecule has 0 bridgehead atoms. The molecular weight excluding hydrogens is 306 g/mol. The fraction of sp³-hybridized carbons (Fsp3) is 0.533. The van der Waals surface area contributed by atoms with Gasteiger partial charge in [0.25, 0.3) is 0 Å². The summed E-state index contributed by atoms with van der Waals surface area (Å²) >= 11 is 0. The van der Waals surface area contributed by atoms with Crippen molar-refractivity contribution in [2.24, 2.45) is 5.18 Å². The van der Waals surface area contributed by atoms with Gasteiger partial charge in [-0.05, 0) is 16.8 Å². The van der Waals surface area contributed by atoms with E-state index in [2.05, 4.69) is 9.91 Å². The Morgan fingerprint density at radius 1 is 1.43 bits per heavy atom. The van der Waals surface area contributed by atoms with Gasteiger partial charge in [-0.1, -0.05) is 12.1 Å². The van der Waals surface area contributed by atoms with E-state index in [1.807, 2.05) is 0 Å². The summed E-state index contributed by atoms with van der Waals surface area (Å²) in [5.41, 5.74) is 1.11. The maximum absolute atomic E-state index is 11.4. The number of carbonyl (C=O) groups is 1. The largest absolute Gasteiger partial charge is 0.469 e. The molecule has 1 aromatic carbocycles. The molecule has 0 saturated carbocycles. The highest BCUT2D eigenvalue weighted by molar-refractivity contribution is 5.72. The Hall–Kier alpha value is -1.87. The van der Waals surface area contributed by atoms with E-state index in [1.165, 1.54) is 13.2 Å². The summed E-state index contributed by atoms with van der Waals surface area (Å²) in [5, 5.41) is 31.8. The molecule has 0 spiro atoms. The Kier molecular flexibility index (Phi) is 5.78. The molecule has 2 rings (SSSR count). The number of ether oxygens (including phenoxy) is 2. The van der Waals surface area contributed by atoms with Crippen LogP contribution >= 0.6 is 0 Å². The first-order chi connectivity index (χ1) is 11.0. The van der Waals surface area contributed by atoms with Crippen molar-refractivity contribution in [3.63, 3.8) is 0 Å². The number of rotatable bonds is 5. The molecule has 1 saturated heterocycles. The first kappa shape index (κ1) is 17.5. The molecule has 1 aliphatic rings. The summed E-state index contributed by atoms with van der Waals surface area (Å²) in [6.07, 6.45) is -3.94. The predicted molar refractivity (Wildman–Crippen MR) is 78.9 cm³/mol. The van der Waals surface area contributed by atoms with Crippen LogP contribution in [0.5, 0.6) is 0 Å². The maximum Gasteiger partial charge on any atom is 0.309 e. The summed E-state index contributed by atoms with van der Waals surface area (Å²) in [6.45, 7) is -0.472. The Balaban J connectivity index is 2.30. The van der Waals surface area contributed by atoms with Crippen LogP contribution in [0.3, 0.4) is 0 Å². The minimum atomic E-state index is -1.21. The third-order valence-corrected chi connectivity index (χ3v) is 3.86. The molecule has 0 aliphatic carbocycles. The molecular formula is C15H19NO7. The molecule has 0 amide bonds. The van der Waals surface area contributed by atoms with Crippen LogP contribution in [0.15, 0.2) is 23.4 Å². The highest BCUT2D eigenvalue weighted by atomic mass is 16.5.